The van der Waals surface area contributed by atoms with Gasteiger partial charge < -0.3 is 10.2 Å². The number of anilines is 1. The molecule has 0 amide bonds. The van der Waals surface area contributed by atoms with Gasteiger partial charge in [0.2, 0.25) is 0 Å². The van der Waals surface area contributed by atoms with Gasteiger partial charge in [0.1, 0.15) is 17.1 Å². The SMILES string of the molecule is O=C(O)c1cc(S(=O)(=O)Nc2ccc(Br)cn2)ccc1O. The van der Waals surface area contributed by atoms with Gasteiger partial charge in [-0.1, -0.05) is 0 Å². The number of pyridine rings is 1. The van der Waals surface area contributed by atoms with Crippen LogP contribution in [0.25, 0.3) is 0 Å². The van der Waals surface area contributed by atoms with E-state index >= 15 is 0 Å². The third-order valence-electron chi connectivity index (χ3n) is 2.48. The van der Waals surface area contributed by atoms with Gasteiger partial charge in [-0.2, -0.15) is 0 Å². The maximum absolute atomic E-state index is 12.1. The van der Waals surface area contributed by atoms with Crippen molar-refractivity contribution in [1.29, 1.82) is 0 Å². The number of hydrogen-bond acceptors (Lipinski definition) is 5. The van der Waals surface area contributed by atoms with Gasteiger partial charge in [-0.3, -0.25) is 4.72 Å². The molecule has 9 heteroatoms. The average molecular weight is 373 g/mol. The van der Waals surface area contributed by atoms with Crippen molar-refractivity contribution in [3.8, 4) is 5.75 Å². The fourth-order valence-corrected chi connectivity index (χ4v) is 2.76. The van der Waals surface area contributed by atoms with Crippen LogP contribution in [0.4, 0.5) is 5.82 Å². The summed E-state index contributed by atoms with van der Waals surface area (Å²) in [6, 6.07) is 6.03. The van der Waals surface area contributed by atoms with Gasteiger partial charge in [0.25, 0.3) is 10.0 Å². The minimum absolute atomic E-state index is 0.0863. The fourth-order valence-electron chi connectivity index (χ4n) is 1.49. The lowest BCUT2D eigenvalue weighted by molar-refractivity contribution is 0.0693. The molecule has 0 unspecified atom stereocenters. The van der Waals surface area contributed by atoms with Crippen molar-refractivity contribution in [2.45, 2.75) is 4.90 Å². The lowest BCUT2D eigenvalue weighted by atomic mass is 10.2. The fraction of sp³-hybridized carbons (Fsp3) is 0. The van der Waals surface area contributed by atoms with Crippen LogP contribution in [-0.4, -0.2) is 29.6 Å². The van der Waals surface area contributed by atoms with Gasteiger partial charge >= 0.3 is 5.97 Å². The number of phenols is 1. The second-order valence-electron chi connectivity index (χ2n) is 3.95. The van der Waals surface area contributed by atoms with Gasteiger partial charge in [0.15, 0.2) is 0 Å². The molecule has 3 N–H and O–H groups in total. The van der Waals surface area contributed by atoms with Crippen LogP contribution in [0.3, 0.4) is 0 Å². The number of aromatic carboxylic acids is 1. The molecule has 1 heterocycles. The smallest absolute Gasteiger partial charge is 0.339 e. The van der Waals surface area contributed by atoms with Crippen LogP contribution in [0, 0.1) is 0 Å². The number of sulfonamides is 1. The van der Waals surface area contributed by atoms with Crippen molar-refractivity contribution in [2.75, 3.05) is 4.72 Å². The first-order valence-corrected chi connectivity index (χ1v) is 7.78. The molecule has 0 aliphatic heterocycles. The van der Waals surface area contributed by atoms with Crippen molar-refractivity contribution in [2.24, 2.45) is 0 Å². The molecule has 110 valence electrons. The third kappa shape index (κ3) is 3.50. The van der Waals surface area contributed by atoms with Crippen LogP contribution in [-0.2, 0) is 10.0 Å². The average Bonchev–Trinajstić information content (AvgIpc) is 2.41. The van der Waals surface area contributed by atoms with Crippen molar-refractivity contribution in [3.63, 3.8) is 0 Å². The number of carbonyl (C=O) groups is 1. The number of aromatic hydroxyl groups is 1. The molecule has 0 aliphatic carbocycles. The molecule has 21 heavy (non-hydrogen) atoms. The van der Waals surface area contributed by atoms with Gasteiger partial charge in [0.05, 0.1) is 4.90 Å². The Bertz CT molecular complexity index is 790. The Morgan fingerprint density at radius 1 is 1.24 bits per heavy atom. The van der Waals surface area contributed by atoms with Gasteiger partial charge in [-0.25, -0.2) is 18.2 Å². The molecule has 0 atom stereocenters. The summed E-state index contributed by atoms with van der Waals surface area (Å²) in [6.07, 6.45) is 1.41. The van der Waals surface area contributed by atoms with Gasteiger partial charge in [0, 0.05) is 10.7 Å². The number of carboxylic acid groups (broad SMARTS) is 1. The molecule has 0 saturated heterocycles. The molecular formula is C12H9BrN2O5S. The first kappa shape index (κ1) is 15.3. The Balaban J connectivity index is 2.38. The molecular weight excluding hydrogens is 364 g/mol. The number of carboxylic acids is 1. The predicted octanol–water partition coefficient (Wildman–Crippen LogP) is 2.05. The van der Waals surface area contributed by atoms with Crippen LogP contribution in [0.15, 0.2) is 45.9 Å². The highest BCUT2D eigenvalue weighted by Crippen LogP contribution is 2.23. The maximum Gasteiger partial charge on any atom is 0.339 e. The molecule has 0 bridgehead atoms. The van der Waals surface area contributed by atoms with E-state index < -0.39 is 27.3 Å². The van der Waals surface area contributed by atoms with E-state index in [0.29, 0.717) is 4.47 Å². The van der Waals surface area contributed by atoms with Gasteiger partial charge in [-0.05, 0) is 46.3 Å². The maximum atomic E-state index is 12.1. The molecule has 2 aromatic rings. The zero-order chi connectivity index (χ0) is 15.6. The summed E-state index contributed by atoms with van der Waals surface area (Å²) in [4.78, 5) is 14.5. The Hall–Kier alpha value is -2.13. The first-order valence-electron chi connectivity index (χ1n) is 5.50. The minimum Gasteiger partial charge on any atom is -0.507 e. The monoisotopic (exact) mass is 372 g/mol. The van der Waals surface area contributed by atoms with Crippen LogP contribution in [0.1, 0.15) is 10.4 Å². The van der Waals surface area contributed by atoms with Crippen LogP contribution in [0.2, 0.25) is 0 Å². The first-order chi connectivity index (χ1) is 9.79. The predicted molar refractivity (Wildman–Crippen MR) is 77.8 cm³/mol. The van der Waals surface area contributed by atoms with Crippen LogP contribution >= 0.6 is 15.9 Å². The Morgan fingerprint density at radius 3 is 2.52 bits per heavy atom. The van der Waals surface area contributed by atoms with E-state index in [0.717, 1.165) is 18.2 Å². The van der Waals surface area contributed by atoms with E-state index in [4.69, 9.17) is 5.11 Å². The summed E-state index contributed by atoms with van der Waals surface area (Å²) in [5, 5.41) is 18.3. The van der Waals surface area contributed by atoms with Crippen molar-refractivity contribution >= 4 is 37.7 Å². The number of nitrogens with one attached hydrogen (secondary N) is 1. The topological polar surface area (TPSA) is 117 Å². The molecule has 0 aliphatic rings. The summed E-state index contributed by atoms with van der Waals surface area (Å²) in [6.45, 7) is 0. The molecule has 0 spiro atoms. The van der Waals surface area contributed by atoms with E-state index in [-0.39, 0.29) is 10.7 Å². The third-order valence-corrected chi connectivity index (χ3v) is 4.30. The summed E-state index contributed by atoms with van der Waals surface area (Å²) in [5.41, 5.74) is -0.498. The molecule has 0 radical (unpaired) electrons. The number of benzene rings is 1. The Labute approximate surface area is 128 Å². The second kappa shape index (κ2) is 5.70. The Morgan fingerprint density at radius 2 is 1.95 bits per heavy atom. The van der Waals surface area contributed by atoms with Crippen molar-refractivity contribution in [3.05, 3.63) is 46.6 Å². The van der Waals surface area contributed by atoms with Crippen LogP contribution in [0.5, 0.6) is 5.75 Å². The number of aromatic nitrogens is 1. The van der Waals surface area contributed by atoms with E-state index in [2.05, 4.69) is 25.6 Å². The number of halogens is 1. The second-order valence-corrected chi connectivity index (χ2v) is 6.55. The zero-order valence-electron chi connectivity index (χ0n) is 10.3. The zero-order valence-corrected chi connectivity index (χ0v) is 12.7. The van der Waals surface area contributed by atoms with Crippen molar-refractivity contribution < 1.29 is 23.4 Å². The lowest BCUT2D eigenvalue weighted by Crippen LogP contribution is -2.14. The lowest BCUT2D eigenvalue weighted by Gasteiger charge is -2.08. The van der Waals surface area contributed by atoms with E-state index in [9.17, 15) is 18.3 Å². The molecule has 7 nitrogen and oxygen atoms in total. The largest absolute Gasteiger partial charge is 0.507 e. The number of hydrogen-bond donors (Lipinski definition) is 3. The molecule has 2 rings (SSSR count). The van der Waals surface area contributed by atoms with E-state index in [1.54, 1.807) is 6.07 Å². The number of nitrogens with zero attached hydrogens (tertiary/aromatic N) is 1. The van der Waals surface area contributed by atoms with Crippen molar-refractivity contribution in [1.82, 2.24) is 4.98 Å². The minimum atomic E-state index is -4.00. The van der Waals surface area contributed by atoms with E-state index in [1.165, 1.54) is 12.3 Å². The van der Waals surface area contributed by atoms with Crippen LogP contribution < -0.4 is 4.72 Å². The molecule has 0 saturated carbocycles. The molecule has 1 aromatic heterocycles. The highest BCUT2D eigenvalue weighted by Gasteiger charge is 2.19. The number of rotatable bonds is 4. The Kier molecular flexibility index (Phi) is 4.14. The summed E-state index contributed by atoms with van der Waals surface area (Å²) in [5.74, 6) is -1.85. The molecule has 1 aromatic carbocycles. The van der Waals surface area contributed by atoms with Gasteiger partial charge in [-0.15, -0.1) is 0 Å². The highest BCUT2D eigenvalue weighted by molar-refractivity contribution is 9.10. The summed E-state index contributed by atoms with van der Waals surface area (Å²) in [7, 11) is -4.00. The summed E-state index contributed by atoms with van der Waals surface area (Å²) >= 11 is 3.17. The van der Waals surface area contributed by atoms with E-state index in [1.807, 2.05) is 0 Å². The summed E-state index contributed by atoms with van der Waals surface area (Å²) < 4.78 is 27.2. The standard InChI is InChI=1S/C12H9BrN2O5S/c13-7-1-4-11(14-6-7)15-21(19,20)8-2-3-10(16)9(5-8)12(17)18/h1-6,16H,(H,14,15)(H,17,18). The molecule has 0 fully saturated rings. The normalized spacial score (nSPS) is 11.1. The quantitative estimate of drug-likeness (QED) is 0.755. The highest BCUT2D eigenvalue weighted by atomic mass is 79.9.